The van der Waals surface area contributed by atoms with Crippen molar-refractivity contribution < 1.29 is 9.32 Å². The number of aliphatic hydroxyl groups excluding tert-OH is 1. The van der Waals surface area contributed by atoms with E-state index in [1.54, 1.807) is 0 Å². The van der Waals surface area contributed by atoms with Crippen molar-refractivity contribution in [1.29, 1.82) is 0 Å². The highest BCUT2D eigenvalue weighted by molar-refractivity contribution is 9.10. The van der Waals surface area contributed by atoms with Gasteiger partial charge in [0, 0.05) is 9.37 Å². The molecule has 1 saturated carbocycles. The number of rotatable bonds is 2. The smallest absolute Gasteiger partial charge is 0.0687 e. The summed E-state index contributed by atoms with van der Waals surface area (Å²) in [5.41, 5.74) is 0. The fourth-order valence-corrected chi connectivity index (χ4v) is 3.89. The van der Waals surface area contributed by atoms with Crippen LogP contribution in [0.2, 0.25) is 0 Å². The summed E-state index contributed by atoms with van der Waals surface area (Å²) < 4.78 is 13.2. The van der Waals surface area contributed by atoms with Gasteiger partial charge >= 0.3 is 0 Å². The van der Waals surface area contributed by atoms with Gasteiger partial charge in [0.1, 0.15) is 0 Å². The van der Waals surface area contributed by atoms with E-state index in [2.05, 4.69) is 15.9 Å². The van der Waals surface area contributed by atoms with Gasteiger partial charge in [0.05, 0.1) is 22.2 Å². The summed E-state index contributed by atoms with van der Waals surface area (Å²) in [4.78, 5) is 0.814. The molecule has 1 aliphatic carbocycles. The molecule has 0 bridgehead atoms. The van der Waals surface area contributed by atoms with Gasteiger partial charge in [0.25, 0.3) is 0 Å². The fraction of sp³-hybridized carbons (Fsp3) is 0.500. The second-order valence-electron chi connectivity index (χ2n) is 4.14. The van der Waals surface area contributed by atoms with Crippen LogP contribution in [-0.2, 0) is 10.8 Å². The molecule has 0 amide bonds. The van der Waals surface area contributed by atoms with Gasteiger partial charge < -0.3 is 5.11 Å². The molecule has 0 aromatic heterocycles. The Bertz CT molecular complexity index is 377. The summed E-state index contributed by atoms with van der Waals surface area (Å²) in [6.07, 6.45) is 3.37. The van der Waals surface area contributed by atoms with Gasteiger partial charge in [0.2, 0.25) is 0 Å². The van der Waals surface area contributed by atoms with Crippen LogP contribution in [0.5, 0.6) is 0 Å². The van der Waals surface area contributed by atoms with Crippen molar-refractivity contribution >= 4 is 26.7 Å². The topological polar surface area (TPSA) is 37.3 Å². The van der Waals surface area contributed by atoms with E-state index in [9.17, 15) is 9.32 Å². The summed E-state index contributed by atoms with van der Waals surface area (Å²) >= 11 is 3.35. The van der Waals surface area contributed by atoms with Gasteiger partial charge in [-0.1, -0.05) is 28.8 Å². The molecule has 1 N–H and O–H groups in total. The first kappa shape index (κ1) is 12.3. The molecule has 0 radical (unpaired) electrons. The van der Waals surface area contributed by atoms with E-state index in [1.165, 1.54) is 0 Å². The number of halogens is 1. The zero-order chi connectivity index (χ0) is 11.5. The zero-order valence-corrected chi connectivity index (χ0v) is 11.3. The molecule has 1 fully saturated rings. The molecule has 0 heterocycles. The predicted octanol–water partition coefficient (Wildman–Crippen LogP) is 2.86. The lowest BCUT2D eigenvalue weighted by Gasteiger charge is -2.26. The third-order valence-electron chi connectivity index (χ3n) is 2.99. The molecular weight excluding hydrogens is 288 g/mol. The minimum atomic E-state index is -1.08. The maximum absolute atomic E-state index is 12.3. The summed E-state index contributed by atoms with van der Waals surface area (Å²) in [6.45, 7) is 0. The normalized spacial score (nSPS) is 27.6. The van der Waals surface area contributed by atoms with E-state index < -0.39 is 16.9 Å². The van der Waals surface area contributed by atoms with Gasteiger partial charge in [-0.25, -0.2) is 0 Å². The number of hydrogen-bond acceptors (Lipinski definition) is 2. The number of hydrogen-bond donors (Lipinski definition) is 1. The molecule has 1 aromatic carbocycles. The maximum atomic E-state index is 12.3. The monoisotopic (exact) mass is 302 g/mol. The quantitative estimate of drug-likeness (QED) is 0.912. The minimum Gasteiger partial charge on any atom is -0.392 e. The molecule has 2 nitrogen and oxygen atoms in total. The first-order chi connectivity index (χ1) is 7.68. The van der Waals surface area contributed by atoms with Crippen molar-refractivity contribution in [2.24, 2.45) is 0 Å². The van der Waals surface area contributed by atoms with Gasteiger partial charge in [-0.05, 0) is 37.1 Å². The molecule has 1 aromatic rings. The molecule has 2 unspecified atom stereocenters. The lowest BCUT2D eigenvalue weighted by Crippen LogP contribution is -2.33. The fourth-order valence-electron chi connectivity index (χ4n) is 2.07. The summed E-state index contributed by atoms with van der Waals surface area (Å²) in [5, 5.41) is 9.76. The summed E-state index contributed by atoms with van der Waals surface area (Å²) in [6, 6.07) is 7.51. The highest BCUT2D eigenvalue weighted by atomic mass is 79.9. The molecule has 3 atom stereocenters. The average molecular weight is 303 g/mol. The van der Waals surface area contributed by atoms with E-state index in [1.807, 2.05) is 24.3 Å². The molecular formula is C12H15BrO2S. The van der Waals surface area contributed by atoms with E-state index in [4.69, 9.17) is 0 Å². The molecule has 0 aliphatic heterocycles. The summed E-state index contributed by atoms with van der Waals surface area (Å²) in [5.74, 6) is 0. The first-order valence-electron chi connectivity index (χ1n) is 5.52. The van der Waals surface area contributed by atoms with Crippen molar-refractivity contribution in [3.05, 3.63) is 28.7 Å². The van der Waals surface area contributed by atoms with Crippen molar-refractivity contribution in [3.8, 4) is 0 Å². The molecule has 0 spiro atoms. The summed E-state index contributed by atoms with van der Waals surface area (Å²) in [7, 11) is -1.08. The SMILES string of the molecule is O=S(c1ccc(Br)cc1)C1CCCC[C@H]1O. The molecule has 88 valence electrons. The first-order valence-corrected chi connectivity index (χ1v) is 7.53. The Morgan fingerprint density at radius 1 is 1.19 bits per heavy atom. The average Bonchev–Trinajstić information content (AvgIpc) is 2.30. The van der Waals surface area contributed by atoms with Crippen LogP contribution in [0.4, 0.5) is 0 Å². The van der Waals surface area contributed by atoms with Crippen LogP contribution in [0.15, 0.2) is 33.6 Å². The van der Waals surface area contributed by atoms with E-state index in [0.717, 1.165) is 35.1 Å². The molecule has 1 aliphatic rings. The third-order valence-corrected chi connectivity index (χ3v) is 5.35. The van der Waals surface area contributed by atoms with Crippen LogP contribution in [0.25, 0.3) is 0 Å². The van der Waals surface area contributed by atoms with Crippen LogP contribution in [-0.4, -0.2) is 20.7 Å². The molecule has 16 heavy (non-hydrogen) atoms. The van der Waals surface area contributed by atoms with Crippen LogP contribution in [0.3, 0.4) is 0 Å². The van der Waals surface area contributed by atoms with Crippen LogP contribution in [0.1, 0.15) is 25.7 Å². The Balaban J connectivity index is 2.14. The van der Waals surface area contributed by atoms with Crippen LogP contribution < -0.4 is 0 Å². The van der Waals surface area contributed by atoms with Crippen LogP contribution >= 0.6 is 15.9 Å². The standard InChI is InChI=1S/C12H15BrO2S/c13-9-5-7-10(8-6-9)16(15)12-4-2-1-3-11(12)14/h5-8,11-12,14H,1-4H2/t11-,12?,16?/m1/s1. The highest BCUT2D eigenvalue weighted by Gasteiger charge is 2.28. The minimum absolute atomic E-state index is 0.0880. The van der Waals surface area contributed by atoms with E-state index >= 15 is 0 Å². The Labute approximate surface area is 107 Å². The lowest BCUT2D eigenvalue weighted by molar-refractivity contribution is 0.135. The Morgan fingerprint density at radius 3 is 2.44 bits per heavy atom. The largest absolute Gasteiger partial charge is 0.392 e. The van der Waals surface area contributed by atoms with E-state index in [-0.39, 0.29) is 5.25 Å². The van der Waals surface area contributed by atoms with Crippen molar-refractivity contribution in [2.45, 2.75) is 41.9 Å². The van der Waals surface area contributed by atoms with Gasteiger partial charge in [0.15, 0.2) is 0 Å². The van der Waals surface area contributed by atoms with Gasteiger partial charge in [-0.3, -0.25) is 4.21 Å². The van der Waals surface area contributed by atoms with Gasteiger partial charge in [-0.15, -0.1) is 0 Å². The van der Waals surface area contributed by atoms with E-state index in [0.29, 0.717) is 0 Å². The molecule has 2 rings (SSSR count). The maximum Gasteiger partial charge on any atom is 0.0687 e. The van der Waals surface area contributed by atoms with Crippen molar-refractivity contribution in [1.82, 2.24) is 0 Å². The predicted molar refractivity (Wildman–Crippen MR) is 68.8 cm³/mol. The number of benzene rings is 1. The van der Waals surface area contributed by atoms with Crippen molar-refractivity contribution in [3.63, 3.8) is 0 Å². The third kappa shape index (κ3) is 2.73. The van der Waals surface area contributed by atoms with Crippen LogP contribution in [0, 0.1) is 0 Å². The molecule has 4 heteroatoms. The Kier molecular flexibility index (Phi) is 4.16. The highest BCUT2D eigenvalue weighted by Crippen LogP contribution is 2.26. The second-order valence-corrected chi connectivity index (χ2v) is 6.73. The van der Waals surface area contributed by atoms with Crippen molar-refractivity contribution in [2.75, 3.05) is 0 Å². The lowest BCUT2D eigenvalue weighted by atomic mass is 9.97. The van der Waals surface area contributed by atoms with Gasteiger partial charge in [-0.2, -0.15) is 0 Å². The number of aliphatic hydroxyl groups is 1. The zero-order valence-electron chi connectivity index (χ0n) is 8.93. The molecule has 0 saturated heterocycles. The second kappa shape index (κ2) is 5.43. The Hall–Kier alpha value is -0.190. The Morgan fingerprint density at radius 2 is 1.81 bits per heavy atom.